The average molecular weight is 300 g/mol. The van der Waals surface area contributed by atoms with E-state index in [4.69, 9.17) is 0 Å². The standard InChI is InChI=1S/C16H20N4O2/c1-11(17-16(22)13-8-5-9-15(13)21)14-10-20(19-18-14)12-6-3-2-4-7-12/h2-4,6-7,10-11,13,15,21H,5,8-9H2,1H3,(H,17,22). The summed E-state index contributed by atoms with van der Waals surface area (Å²) in [4.78, 5) is 12.2. The molecule has 2 N–H and O–H groups in total. The van der Waals surface area contributed by atoms with Crippen LogP contribution in [0.25, 0.3) is 5.69 Å². The minimum Gasteiger partial charge on any atom is -0.392 e. The van der Waals surface area contributed by atoms with E-state index in [1.165, 1.54) is 0 Å². The first-order valence-corrected chi connectivity index (χ1v) is 7.61. The molecule has 1 heterocycles. The zero-order valence-electron chi connectivity index (χ0n) is 12.5. The van der Waals surface area contributed by atoms with Crippen LogP contribution in [0.2, 0.25) is 0 Å². The summed E-state index contributed by atoms with van der Waals surface area (Å²) in [6.07, 6.45) is 3.64. The van der Waals surface area contributed by atoms with Crippen molar-refractivity contribution in [3.8, 4) is 5.69 Å². The zero-order valence-corrected chi connectivity index (χ0v) is 12.5. The summed E-state index contributed by atoms with van der Waals surface area (Å²) in [6.45, 7) is 1.87. The van der Waals surface area contributed by atoms with Gasteiger partial charge in [0, 0.05) is 0 Å². The van der Waals surface area contributed by atoms with Crippen molar-refractivity contribution in [1.82, 2.24) is 20.3 Å². The van der Waals surface area contributed by atoms with Crippen molar-refractivity contribution in [1.29, 1.82) is 0 Å². The quantitative estimate of drug-likeness (QED) is 0.899. The van der Waals surface area contributed by atoms with E-state index in [9.17, 15) is 9.90 Å². The number of nitrogens with zero attached hydrogens (tertiary/aromatic N) is 3. The summed E-state index contributed by atoms with van der Waals surface area (Å²) in [5, 5.41) is 20.9. The van der Waals surface area contributed by atoms with Gasteiger partial charge in [-0.15, -0.1) is 5.10 Å². The van der Waals surface area contributed by atoms with E-state index in [0.29, 0.717) is 12.1 Å². The van der Waals surface area contributed by atoms with Gasteiger partial charge in [-0.1, -0.05) is 23.4 Å². The molecule has 3 rings (SSSR count). The van der Waals surface area contributed by atoms with Gasteiger partial charge < -0.3 is 10.4 Å². The molecule has 0 bridgehead atoms. The second-order valence-electron chi connectivity index (χ2n) is 5.76. The number of carbonyl (C=O) groups is 1. The monoisotopic (exact) mass is 300 g/mol. The van der Waals surface area contributed by atoms with Gasteiger partial charge in [0.2, 0.25) is 5.91 Å². The third-order valence-electron chi connectivity index (χ3n) is 4.15. The number of nitrogens with one attached hydrogen (secondary N) is 1. The molecule has 1 saturated carbocycles. The van der Waals surface area contributed by atoms with Gasteiger partial charge in [-0.3, -0.25) is 4.79 Å². The van der Waals surface area contributed by atoms with Crippen molar-refractivity contribution in [2.75, 3.05) is 0 Å². The normalized spacial score (nSPS) is 22.5. The second-order valence-corrected chi connectivity index (χ2v) is 5.76. The van der Waals surface area contributed by atoms with Crippen molar-refractivity contribution < 1.29 is 9.90 Å². The molecule has 6 heteroatoms. The Morgan fingerprint density at radius 1 is 1.36 bits per heavy atom. The fourth-order valence-electron chi connectivity index (χ4n) is 2.82. The van der Waals surface area contributed by atoms with Crippen molar-refractivity contribution in [2.45, 2.75) is 38.3 Å². The van der Waals surface area contributed by atoms with Crippen LogP contribution in [-0.2, 0) is 4.79 Å². The van der Waals surface area contributed by atoms with Gasteiger partial charge in [0.1, 0.15) is 5.69 Å². The number of rotatable bonds is 4. The Kier molecular flexibility index (Phi) is 4.20. The maximum Gasteiger partial charge on any atom is 0.226 e. The maximum atomic E-state index is 12.2. The Balaban J connectivity index is 1.67. The third-order valence-corrected chi connectivity index (χ3v) is 4.15. The van der Waals surface area contributed by atoms with Gasteiger partial charge >= 0.3 is 0 Å². The van der Waals surface area contributed by atoms with Crippen LogP contribution in [0.15, 0.2) is 36.5 Å². The number of hydrogen-bond donors (Lipinski definition) is 2. The highest BCUT2D eigenvalue weighted by Crippen LogP contribution is 2.26. The number of aromatic nitrogens is 3. The molecule has 116 valence electrons. The SMILES string of the molecule is CC(NC(=O)C1CCCC1O)c1cn(-c2ccccc2)nn1. The molecule has 1 aliphatic carbocycles. The molecule has 0 saturated heterocycles. The lowest BCUT2D eigenvalue weighted by Gasteiger charge is -2.17. The van der Waals surface area contributed by atoms with Crippen molar-refractivity contribution >= 4 is 5.91 Å². The average Bonchev–Trinajstić information content (AvgIpc) is 3.17. The van der Waals surface area contributed by atoms with Crippen LogP contribution in [0.4, 0.5) is 0 Å². The number of carbonyl (C=O) groups excluding carboxylic acids is 1. The summed E-state index contributed by atoms with van der Waals surface area (Å²) >= 11 is 0. The lowest BCUT2D eigenvalue weighted by Crippen LogP contribution is -2.36. The minimum atomic E-state index is -0.521. The fraction of sp³-hybridized carbons (Fsp3) is 0.438. The fourth-order valence-corrected chi connectivity index (χ4v) is 2.82. The predicted octanol–water partition coefficient (Wildman–Crippen LogP) is 1.61. The minimum absolute atomic E-state index is 0.105. The van der Waals surface area contributed by atoms with Crippen LogP contribution in [0.1, 0.15) is 37.9 Å². The molecule has 3 unspecified atom stereocenters. The second kappa shape index (κ2) is 6.27. The van der Waals surface area contributed by atoms with Gasteiger partial charge in [0.15, 0.2) is 0 Å². The summed E-state index contributed by atoms with van der Waals surface area (Å²) in [7, 11) is 0. The van der Waals surface area contributed by atoms with Crippen LogP contribution in [-0.4, -0.2) is 32.1 Å². The van der Waals surface area contributed by atoms with Crippen molar-refractivity contribution in [2.24, 2.45) is 5.92 Å². The Bertz CT molecular complexity index is 641. The van der Waals surface area contributed by atoms with Crippen molar-refractivity contribution in [3.63, 3.8) is 0 Å². The van der Waals surface area contributed by atoms with E-state index in [1.54, 1.807) is 4.68 Å². The van der Waals surface area contributed by atoms with Crippen LogP contribution < -0.4 is 5.32 Å². The molecular weight excluding hydrogens is 280 g/mol. The lowest BCUT2D eigenvalue weighted by atomic mass is 10.0. The Labute approximate surface area is 129 Å². The highest BCUT2D eigenvalue weighted by atomic mass is 16.3. The molecule has 1 amide bonds. The zero-order chi connectivity index (χ0) is 15.5. The van der Waals surface area contributed by atoms with E-state index in [1.807, 2.05) is 43.5 Å². The molecular formula is C16H20N4O2. The topological polar surface area (TPSA) is 80.0 Å². The summed E-state index contributed by atoms with van der Waals surface area (Å²) in [5.74, 6) is -0.404. The number of aliphatic hydroxyl groups is 1. The molecule has 22 heavy (non-hydrogen) atoms. The van der Waals surface area contributed by atoms with E-state index < -0.39 is 6.10 Å². The van der Waals surface area contributed by atoms with E-state index >= 15 is 0 Å². The van der Waals surface area contributed by atoms with Gasteiger partial charge in [0.05, 0.1) is 29.9 Å². The molecule has 6 nitrogen and oxygen atoms in total. The van der Waals surface area contributed by atoms with Gasteiger partial charge in [-0.25, -0.2) is 4.68 Å². The summed E-state index contributed by atoms with van der Waals surface area (Å²) < 4.78 is 1.68. The van der Waals surface area contributed by atoms with Crippen LogP contribution in [0, 0.1) is 5.92 Å². The van der Waals surface area contributed by atoms with Gasteiger partial charge in [-0.05, 0) is 38.3 Å². The van der Waals surface area contributed by atoms with Gasteiger partial charge in [-0.2, -0.15) is 0 Å². The van der Waals surface area contributed by atoms with Crippen molar-refractivity contribution in [3.05, 3.63) is 42.2 Å². The van der Waals surface area contributed by atoms with E-state index in [2.05, 4.69) is 15.6 Å². The molecule has 1 aliphatic rings. The molecule has 3 atom stereocenters. The van der Waals surface area contributed by atoms with Crippen LogP contribution >= 0.6 is 0 Å². The molecule has 0 radical (unpaired) electrons. The van der Waals surface area contributed by atoms with E-state index in [-0.39, 0.29) is 17.9 Å². The number of para-hydroxylation sites is 1. The Morgan fingerprint density at radius 3 is 2.82 bits per heavy atom. The Morgan fingerprint density at radius 2 is 2.14 bits per heavy atom. The highest BCUT2D eigenvalue weighted by Gasteiger charge is 2.32. The molecule has 2 aromatic rings. The lowest BCUT2D eigenvalue weighted by molar-refractivity contribution is -0.128. The van der Waals surface area contributed by atoms with Crippen LogP contribution in [0.5, 0.6) is 0 Å². The first kappa shape index (κ1) is 14.7. The highest BCUT2D eigenvalue weighted by molar-refractivity contribution is 5.79. The maximum absolute atomic E-state index is 12.2. The third kappa shape index (κ3) is 3.01. The molecule has 1 aromatic heterocycles. The molecule has 1 aromatic carbocycles. The number of benzene rings is 1. The number of hydrogen-bond acceptors (Lipinski definition) is 4. The predicted molar refractivity (Wildman–Crippen MR) is 81.3 cm³/mol. The van der Waals surface area contributed by atoms with Crippen LogP contribution in [0.3, 0.4) is 0 Å². The first-order valence-electron chi connectivity index (χ1n) is 7.61. The smallest absolute Gasteiger partial charge is 0.226 e. The molecule has 0 aliphatic heterocycles. The van der Waals surface area contributed by atoms with E-state index in [0.717, 1.165) is 18.5 Å². The molecule has 0 spiro atoms. The number of amides is 1. The summed E-state index contributed by atoms with van der Waals surface area (Å²) in [6, 6.07) is 9.45. The Hall–Kier alpha value is -2.21. The number of aliphatic hydroxyl groups excluding tert-OH is 1. The van der Waals surface area contributed by atoms with Gasteiger partial charge in [0.25, 0.3) is 0 Å². The largest absolute Gasteiger partial charge is 0.392 e. The first-order chi connectivity index (χ1) is 10.6. The molecule has 1 fully saturated rings. The summed E-state index contributed by atoms with van der Waals surface area (Å²) in [5.41, 5.74) is 1.62.